The van der Waals surface area contributed by atoms with Gasteiger partial charge in [-0.1, -0.05) is 84.4 Å². The lowest BCUT2D eigenvalue weighted by molar-refractivity contribution is 0.263. The van der Waals surface area contributed by atoms with Crippen LogP contribution >= 0.6 is 0 Å². The molecule has 0 fully saturated rings. The molecule has 0 saturated heterocycles. The number of aryl methyl sites for hydroxylation is 3. The predicted molar refractivity (Wildman–Crippen MR) is 135 cm³/mol. The molecule has 0 aromatic heterocycles. The van der Waals surface area contributed by atoms with Crippen LogP contribution in [-0.2, 0) is 13.1 Å². The Kier molecular flexibility index (Phi) is 6.77. The number of hydrogen-bond donors (Lipinski definition) is 2. The molecule has 4 aromatic carbocycles. The molecule has 0 unspecified atom stereocenters. The van der Waals surface area contributed by atoms with Crippen molar-refractivity contribution in [2.75, 3.05) is 18.4 Å². The summed E-state index contributed by atoms with van der Waals surface area (Å²) in [7, 11) is 0. The third-order valence-corrected chi connectivity index (χ3v) is 6.03. The molecule has 0 bridgehead atoms. The van der Waals surface area contributed by atoms with Gasteiger partial charge in [-0.05, 0) is 42.8 Å². The lowest BCUT2D eigenvalue weighted by atomic mass is 10.0. The summed E-state index contributed by atoms with van der Waals surface area (Å²) in [6.07, 6.45) is 0. The van der Waals surface area contributed by atoms with Crippen LogP contribution in [0.5, 0.6) is 5.75 Å². The first-order chi connectivity index (χ1) is 15.5. The summed E-state index contributed by atoms with van der Waals surface area (Å²) in [6, 6.07) is 27.1. The number of phenols is 1. The third-order valence-electron chi connectivity index (χ3n) is 6.03. The first-order valence-electron chi connectivity index (χ1n) is 11.3. The number of phenolic OH excluding ortho intramolecular Hbond substituents is 1. The van der Waals surface area contributed by atoms with E-state index in [2.05, 4.69) is 79.5 Å². The van der Waals surface area contributed by atoms with Gasteiger partial charge in [0.15, 0.2) is 0 Å². The van der Waals surface area contributed by atoms with Gasteiger partial charge < -0.3 is 10.4 Å². The highest BCUT2D eigenvalue weighted by Gasteiger charge is 2.13. The Morgan fingerprint density at radius 3 is 2.22 bits per heavy atom. The van der Waals surface area contributed by atoms with Crippen LogP contribution in [0, 0.1) is 20.8 Å². The number of fused-ring (bicyclic) bond motifs is 1. The van der Waals surface area contributed by atoms with E-state index in [4.69, 9.17) is 0 Å². The SMILES string of the molecule is Cc1cc(C)c(NCCN(Cc2ccccc2)Cc2ccc3ccccc3c2O)c(C)c1. The summed E-state index contributed by atoms with van der Waals surface area (Å²) in [4.78, 5) is 2.39. The van der Waals surface area contributed by atoms with Gasteiger partial charge in [-0.3, -0.25) is 4.90 Å². The molecular formula is C29H32N2O. The number of anilines is 1. The van der Waals surface area contributed by atoms with Crippen molar-refractivity contribution in [2.24, 2.45) is 0 Å². The number of rotatable bonds is 8. The topological polar surface area (TPSA) is 35.5 Å². The van der Waals surface area contributed by atoms with Gasteiger partial charge in [0.2, 0.25) is 0 Å². The molecule has 0 amide bonds. The fourth-order valence-electron chi connectivity index (χ4n) is 4.52. The van der Waals surface area contributed by atoms with Crippen LogP contribution in [0.15, 0.2) is 78.9 Å². The van der Waals surface area contributed by atoms with E-state index < -0.39 is 0 Å². The second kappa shape index (κ2) is 9.88. The van der Waals surface area contributed by atoms with Crippen LogP contribution in [0.3, 0.4) is 0 Å². The summed E-state index contributed by atoms with van der Waals surface area (Å²) in [5.41, 5.74) is 7.32. The minimum Gasteiger partial charge on any atom is -0.507 e. The smallest absolute Gasteiger partial charge is 0.127 e. The zero-order chi connectivity index (χ0) is 22.5. The molecule has 0 heterocycles. The van der Waals surface area contributed by atoms with Crippen molar-refractivity contribution in [2.45, 2.75) is 33.9 Å². The average molecular weight is 425 g/mol. The summed E-state index contributed by atoms with van der Waals surface area (Å²) >= 11 is 0. The standard InChI is InChI=1S/C29H32N2O/c1-21-17-22(2)28(23(3)18-21)30-15-16-31(19-24-9-5-4-6-10-24)20-26-14-13-25-11-7-8-12-27(25)29(26)32/h4-14,17-18,30,32H,15-16,19-20H2,1-3H3. The van der Waals surface area contributed by atoms with Crippen LogP contribution in [0.1, 0.15) is 27.8 Å². The Balaban J connectivity index is 1.52. The average Bonchev–Trinajstić information content (AvgIpc) is 2.78. The summed E-state index contributed by atoms with van der Waals surface area (Å²) < 4.78 is 0. The molecule has 4 rings (SSSR count). The van der Waals surface area contributed by atoms with Crippen LogP contribution in [0.4, 0.5) is 5.69 Å². The van der Waals surface area contributed by atoms with Crippen molar-refractivity contribution >= 4 is 16.5 Å². The summed E-state index contributed by atoms with van der Waals surface area (Å²) in [5, 5.41) is 16.6. The maximum Gasteiger partial charge on any atom is 0.127 e. The zero-order valence-electron chi connectivity index (χ0n) is 19.2. The molecule has 0 atom stereocenters. The van der Waals surface area contributed by atoms with Gasteiger partial charge in [0.25, 0.3) is 0 Å². The second-order valence-electron chi connectivity index (χ2n) is 8.69. The largest absolute Gasteiger partial charge is 0.507 e. The Bertz CT molecular complexity index is 1180. The number of benzene rings is 4. The van der Waals surface area contributed by atoms with Crippen LogP contribution in [-0.4, -0.2) is 23.1 Å². The minimum atomic E-state index is 0.388. The van der Waals surface area contributed by atoms with Gasteiger partial charge in [-0.15, -0.1) is 0 Å². The molecule has 3 heteroatoms. The molecule has 164 valence electrons. The number of nitrogens with zero attached hydrogens (tertiary/aromatic N) is 1. The van der Waals surface area contributed by atoms with Gasteiger partial charge in [0.05, 0.1) is 0 Å². The van der Waals surface area contributed by atoms with E-state index in [1.165, 1.54) is 27.9 Å². The molecular weight excluding hydrogens is 392 g/mol. The minimum absolute atomic E-state index is 0.388. The van der Waals surface area contributed by atoms with E-state index >= 15 is 0 Å². The molecule has 0 aliphatic heterocycles. The third kappa shape index (κ3) is 5.12. The van der Waals surface area contributed by atoms with Crippen LogP contribution in [0.2, 0.25) is 0 Å². The summed E-state index contributed by atoms with van der Waals surface area (Å²) in [6.45, 7) is 9.70. The molecule has 0 aliphatic rings. The van der Waals surface area contributed by atoms with E-state index in [0.717, 1.165) is 36.0 Å². The molecule has 0 aliphatic carbocycles. The Morgan fingerprint density at radius 1 is 0.781 bits per heavy atom. The van der Waals surface area contributed by atoms with Crippen molar-refractivity contribution in [1.82, 2.24) is 4.90 Å². The van der Waals surface area contributed by atoms with Crippen molar-refractivity contribution in [3.63, 3.8) is 0 Å². The van der Waals surface area contributed by atoms with Crippen molar-refractivity contribution < 1.29 is 5.11 Å². The fourth-order valence-corrected chi connectivity index (χ4v) is 4.52. The van der Waals surface area contributed by atoms with Gasteiger partial charge in [0.1, 0.15) is 5.75 Å². The molecule has 0 saturated carbocycles. The highest BCUT2D eigenvalue weighted by molar-refractivity contribution is 5.89. The molecule has 32 heavy (non-hydrogen) atoms. The Labute approximate surface area is 191 Å². The maximum atomic E-state index is 10.9. The van der Waals surface area contributed by atoms with E-state index in [0.29, 0.717) is 12.3 Å². The monoisotopic (exact) mass is 424 g/mol. The quantitative estimate of drug-likeness (QED) is 0.335. The molecule has 4 aromatic rings. The lowest BCUT2D eigenvalue weighted by Gasteiger charge is -2.24. The van der Waals surface area contributed by atoms with E-state index in [1.54, 1.807) is 0 Å². The predicted octanol–water partition coefficient (Wildman–Crippen LogP) is 6.58. The number of aromatic hydroxyl groups is 1. The first kappa shape index (κ1) is 21.9. The first-order valence-corrected chi connectivity index (χ1v) is 11.3. The summed E-state index contributed by atoms with van der Waals surface area (Å²) in [5.74, 6) is 0.388. The van der Waals surface area contributed by atoms with E-state index in [9.17, 15) is 5.11 Å². The van der Waals surface area contributed by atoms with Crippen molar-refractivity contribution in [3.05, 3.63) is 107 Å². The number of hydrogen-bond acceptors (Lipinski definition) is 3. The fraction of sp³-hybridized carbons (Fsp3) is 0.241. The molecule has 0 spiro atoms. The Hall–Kier alpha value is -3.30. The van der Waals surface area contributed by atoms with Crippen LogP contribution in [0.25, 0.3) is 10.8 Å². The Morgan fingerprint density at radius 2 is 1.47 bits per heavy atom. The van der Waals surface area contributed by atoms with Gasteiger partial charge >= 0.3 is 0 Å². The maximum absolute atomic E-state index is 10.9. The van der Waals surface area contributed by atoms with E-state index in [-0.39, 0.29) is 0 Å². The normalized spacial score (nSPS) is 11.2. The van der Waals surface area contributed by atoms with Gasteiger partial charge in [0, 0.05) is 42.8 Å². The lowest BCUT2D eigenvalue weighted by Crippen LogP contribution is -2.28. The van der Waals surface area contributed by atoms with E-state index in [1.807, 2.05) is 30.3 Å². The number of nitrogens with one attached hydrogen (secondary N) is 1. The molecule has 2 N–H and O–H groups in total. The van der Waals surface area contributed by atoms with Crippen LogP contribution < -0.4 is 5.32 Å². The highest BCUT2D eigenvalue weighted by atomic mass is 16.3. The van der Waals surface area contributed by atoms with Crippen molar-refractivity contribution in [1.29, 1.82) is 0 Å². The molecule has 0 radical (unpaired) electrons. The highest BCUT2D eigenvalue weighted by Crippen LogP contribution is 2.30. The second-order valence-corrected chi connectivity index (χ2v) is 8.69. The van der Waals surface area contributed by atoms with Gasteiger partial charge in [-0.2, -0.15) is 0 Å². The molecule has 3 nitrogen and oxygen atoms in total. The zero-order valence-corrected chi connectivity index (χ0v) is 19.2. The van der Waals surface area contributed by atoms with Gasteiger partial charge in [-0.25, -0.2) is 0 Å². The van der Waals surface area contributed by atoms with Crippen molar-refractivity contribution in [3.8, 4) is 5.75 Å².